The third-order valence-corrected chi connectivity index (χ3v) is 6.47. The number of nitrogens with zero attached hydrogens (tertiary/aromatic N) is 3. The molecule has 1 atom stereocenters. The zero-order chi connectivity index (χ0) is 23.6. The summed E-state index contributed by atoms with van der Waals surface area (Å²) in [6.07, 6.45) is 4.32. The largest absolute Gasteiger partial charge is 0.356 e. The molecule has 0 spiro atoms. The molecule has 0 saturated carbocycles. The van der Waals surface area contributed by atoms with Crippen LogP contribution in [0.2, 0.25) is 0 Å². The number of aromatic nitrogens is 3. The Morgan fingerprint density at radius 3 is 2.63 bits per heavy atom. The summed E-state index contributed by atoms with van der Waals surface area (Å²) in [4.78, 5) is 12.8. The van der Waals surface area contributed by atoms with Crippen molar-refractivity contribution in [3.8, 4) is 17.5 Å². The highest BCUT2D eigenvalue weighted by Gasteiger charge is 2.22. The number of imidazole rings is 1. The number of nitriles is 1. The van der Waals surface area contributed by atoms with Crippen molar-refractivity contribution in [2.24, 2.45) is 5.92 Å². The second-order valence-corrected chi connectivity index (χ2v) is 8.87. The number of hydrogen-bond donors (Lipinski definition) is 3. The first-order valence-corrected chi connectivity index (χ1v) is 11.8. The van der Waals surface area contributed by atoms with Crippen molar-refractivity contribution in [1.82, 2.24) is 15.0 Å². The van der Waals surface area contributed by atoms with E-state index < -0.39 is 0 Å². The molecule has 0 aliphatic heterocycles. The van der Waals surface area contributed by atoms with E-state index in [0.717, 1.165) is 75.7 Å². The average Bonchev–Trinajstić information content (AvgIpc) is 3.33. The van der Waals surface area contributed by atoms with Gasteiger partial charge in [0.15, 0.2) is 0 Å². The number of anilines is 4. The molecule has 6 rings (SSSR count). The number of aryl methyl sites for hydroxylation is 1. The van der Waals surface area contributed by atoms with E-state index in [1.54, 1.807) is 0 Å². The van der Waals surface area contributed by atoms with Crippen LogP contribution in [0.1, 0.15) is 17.7 Å². The van der Waals surface area contributed by atoms with Gasteiger partial charge in [0, 0.05) is 40.2 Å². The lowest BCUT2D eigenvalue weighted by molar-refractivity contribution is 0.556. The Morgan fingerprint density at radius 2 is 1.74 bits per heavy atom. The van der Waals surface area contributed by atoms with Crippen LogP contribution in [0, 0.1) is 17.2 Å². The molecule has 1 aliphatic rings. The standard InChI is InChI=1S/C29H24N6/c30-18-19-9-11-25-24(15-19)26(13-14-31-25)33-23-10-12-27-28(17-23)35-29(34-27)20-5-4-8-22(16-20)32-21-6-2-1-3-7-21/h1-8,10,12-14,16-17,19,32H,9,11,15H2,(H,31,33)(H,34,35). The molecule has 0 radical (unpaired) electrons. The van der Waals surface area contributed by atoms with Crippen LogP contribution in [0.4, 0.5) is 22.7 Å². The fourth-order valence-corrected chi connectivity index (χ4v) is 4.68. The lowest BCUT2D eigenvalue weighted by Gasteiger charge is -2.22. The third-order valence-electron chi connectivity index (χ3n) is 6.47. The number of pyridine rings is 1. The third kappa shape index (κ3) is 4.32. The summed E-state index contributed by atoms with van der Waals surface area (Å²) in [7, 11) is 0. The Morgan fingerprint density at radius 1 is 0.886 bits per heavy atom. The molecule has 0 saturated heterocycles. The van der Waals surface area contributed by atoms with E-state index in [-0.39, 0.29) is 5.92 Å². The molecule has 0 fully saturated rings. The molecular formula is C29H24N6. The summed E-state index contributed by atoms with van der Waals surface area (Å²) >= 11 is 0. The molecule has 1 aliphatic carbocycles. The Kier molecular flexibility index (Phi) is 5.36. The van der Waals surface area contributed by atoms with E-state index in [9.17, 15) is 5.26 Å². The summed E-state index contributed by atoms with van der Waals surface area (Å²) in [6.45, 7) is 0. The molecule has 0 amide bonds. The minimum Gasteiger partial charge on any atom is -0.356 e. The number of para-hydroxylation sites is 1. The number of fused-ring (bicyclic) bond motifs is 2. The lowest BCUT2D eigenvalue weighted by atomic mass is 9.86. The number of benzene rings is 3. The van der Waals surface area contributed by atoms with E-state index in [1.165, 1.54) is 0 Å². The number of nitrogens with one attached hydrogen (secondary N) is 3. The zero-order valence-corrected chi connectivity index (χ0v) is 19.1. The van der Waals surface area contributed by atoms with Crippen molar-refractivity contribution in [2.75, 3.05) is 10.6 Å². The van der Waals surface area contributed by atoms with Gasteiger partial charge in [0.05, 0.1) is 23.0 Å². The van der Waals surface area contributed by atoms with Gasteiger partial charge in [0.2, 0.25) is 0 Å². The van der Waals surface area contributed by atoms with Gasteiger partial charge < -0.3 is 15.6 Å². The van der Waals surface area contributed by atoms with Crippen LogP contribution >= 0.6 is 0 Å². The van der Waals surface area contributed by atoms with Crippen molar-refractivity contribution in [2.45, 2.75) is 19.3 Å². The molecule has 3 N–H and O–H groups in total. The van der Waals surface area contributed by atoms with Gasteiger partial charge in [-0.25, -0.2) is 4.98 Å². The van der Waals surface area contributed by atoms with Crippen molar-refractivity contribution in [3.63, 3.8) is 0 Å². The van der Waals surface area contributed by atoms with Gasteiger partial charge in [-0.05, 0) is 73.4 Å². The summed E-state index contributed by atoms with van der Waals surface area (Å²) in [5.41, 5.74) is 9.18. The maximum Gasteiger partial charge on any atom is 0.138 e. The number of H-pyrrole nitrogens is 1. The minimum absolute atomic E-state index is 0.0528. The van der Waals surface area contributed by atoms with Crippen molar-refractivity contribution >= 4 is 33.8 Å². The maximum absolute atomic E-state index is 9.40. The Labute approximate surface area is 203 Å². The molecular weight excluding hydrogens is 432 g/mol. The van der Waals surface area contributed by atoms with E-state index >= 15 is 0 Å². The molecule has 0 bridgehead atoms. The summed E-state index contributed by atoms with van der Waals surface area (Å²) in [5, 5.41) is 16.4. The zero-order valence-electron chi connectivity index (χ0n) is 19.1. The fraction of sp³-hybridized carbons (Fsp3) is 0.138. The molecule has 6 heteroatoms. The van der Waals surface area contributed by atoms with Gasteiger partial charge in [-0.1, -0.05) is 30.3 Å². The summed E-state index contributed by atoms with van der Waals surface area (Å²) in [5.74, 6) is 0.879. The van der Waals surface area contributed by atoms with Gasteiger partial charge in [0.1, 0.15) is 5.82 Å². The number of aromatic amines is 1. The van der Waals surface area contributed by atoms with Crippen LogP contribution < -0.4 is 10.6 Å². The smallest absolute Gasteiger partial charge is 0.138 e. The molecule has 1 unspecified atom stereocenters. The number of hydrogen-bond acceptors (Lipinski definition) is 5. The van der Waals surface area contributed by atoms with E-state index in [2.05, 4.69) is 44.9 Å². The highest BCUT2D eigenvalue weighted by Crippen LogP contribution is 2.32. The first kappa shape index (κ1) is 20.9. The van der Waals surface area contributed by atoms with Gasteiger partial charge in [-0.3, -0.25) is 4.98 Å². The quantitative estimate of drug-likeness (QED) is 0.272. The monoisotopic (exact) mass is 456 g/mol. The van der Waals surface area contributed by atoms with Gasteiger partial charge in [0.25, 0.3) is 0 Å². The summed E-state index contributed by atoms with van der Waals surface area (Å²) < 4.78 is 0. The molecule has 170 valence electrons. The molecule has 3 aromatic carbocycles. The highest BCUT2D eigenvalue weighted by molar-refractivity contribution is 5.84. The van der Waals surface area contributed by atoms with Crippen LogP contribution in [0.15, 0.2) is 85.1 Å². The SMILES string of the molecule is N#CC1CCc2nccc(Nc3ccc4nc(-c5cccc(Nc6ccccc6)c5)[nH]c4c3)c2C1. The second kappa shape index (κ2) is 8.96. The Hall–Kier alpha value is -4.63. The normalized spacial score (nSPS) is 14.8. The van der Waals surface area contributed by atoms with Crippen molar-refractivity contribution in [1.29, 1.82) is 5.26 Å². The molecule has 35 heavy (non-hydrogen) atoms. The van der Waals surface area contributed by atoms with E-state index in [1.807, 2.05) is 66.9 Å². The topological polar surface area (TPSA) is 89.4 Å². The van der Waals surface area contributed by atoms with Crippen molar-refractivity contribution in [3.05, 3.63) is 96.3 Å². The first-order valence-electron chi connectivity index (χ1n) is 11.8. The van der Waals surface area contributed by atoms with E-state index in [0.29, 0.717) is 0 Å². The molecule has 2 heterocycles. The van der Waals surface area contributed by atoms with Crippen LogP contribution in [0.5, 0.6) is 0 Å². The Bertz CT molecular complexity index is 1550. The van der Waals surface area contributed by atoms with Gasteiger partial charge in [-0.2, -0.15) is 5.26 Å². The van der Waals surface area contributed by atoms with Crippen LogP contribution in [0.25, 0.3) is 22.4 Å². The van der Waals surface area contributed by atoms with Gasteiger partial charge in [-0.15, -0.1) is 0 Å². The molecule has 6 nitrogen and oxygen atoms in total. The average molecular weight is 457 g/mol. The Balaban J connectivity index is 1.27. The minimum atomic E-state index is 0.0528. The highest BCUT2D eigenvalue weighted by atomic mass is 14.9. The predicted octanol–water partition coefficient (Wildman–Crippen LogP) is 6.74. The van der Waals surface area contributed by atoms with Gasteiger partial charge >= 0.3 is 0 Å². The number of rotatable bonds is 5. The van der Waals surface area contributed by atoms with Crippen LogP contribution in [-0.2, 0) is 12.8 Å². The van der Waals surface area contributed by atoms with Crippen molar-refractivity contribution < 1.29 is 0 Å². The summed E-state index contributed by atoms with van der Waals surface area (Å²) in [6, 6.07) is 28.9. The molecule has 5 aromatic rings. The second-order valence-electron chi connectivity index (χ2n) is 8.87. The maximum atomic E-state index is 9.40. The predicted molar refractivity (Wildman–Crippen MR) is 140 cm³/mol. The van der Waals surface area contributed by atoms with Crippen LogP contribution in [0.3, 0.4) is 0 Å². The first-order chi connectivity index (χ1) is 17.2. The van der Waals surface area contributed by atoms with Crippen LogP contribution in [-0.4, -0.2) is 15.0 Å². The fourth-order valence-electron chi connectivity index (χ4n) is 4.68. The molecule has 2 aromatic heterocycles. The van der Waals surface area contributed by atoms with E-state index in [4.69, 9.17) is 4.98 Å². The lowest BCUT2D eigenvalue weighted by Crippen LogP contribution is -2.15.